The summed E-state index contributed by atoms with van der Waals surface area (Å²) in [4.78, 5) is 31.2. The van der Waals surface area contributed by atoms with Crippen molar-refractivity contribution in [2.45, 2.75) is 0 Å². The van der Waals surface area contributed by atoms with Crippen LogP contribution in [0.25, 0.3) is 33.5 Å². The minimum atomic E-state index is -0.354. The molecule has 0 radical (unpaired) electrons. The molecular formula is C26H25N9O2. The monoisotopic (exact) mass is 495 g/mol. The molecule has 4 aromatic heterocycles. The Labute approximate surface area is 212 Å². The molecule has 1 aromatic carbocycles. The van der Waals surface area contributed by atoms with E-state index >= 15 is 0 Å². The molecule has 0 bridgehead atoms. The second-order valence-corrected chi connectivity index (χ2v) is 8.67. The van der Waals surface area contributed by atoms with E-state index in [1.54, 1.807) is 30.5 Å². The third-order valence-electron chi connectivity index (χ3n) is 6.27. The number of morpholine rings is 1. The van der Waals surface area contributed by atoms with E-state index in [1.165, 1.54) is 0 Å². The number of rotatable bonds is 5. The first-order valence-corrected chi connectivity index (χ1v) is 11.9. The van der Waals surface area contributed by atoms with Crippen LogP contribution in [0.4, 0.5) is 22.1 Å². The number of fused-ring (bicyclic) bond motifs is 1. The summed E-state index contributed by atoms with van der Waals surface area (Å²) in [6.45, 7) is 2.99. The Morgan fingerprint density at radius 3 is 2.54 bits per heavy atom. The predicted octanol–water partition coefficient (Wildman–Crippen LogP) is 3.90. The number of benzene rings is 1. The summed E-state index contributed by atoms with van der Waals surface area (Å²) in [6.07, 6.45) is 5.00. The number of ether oxygens (including phenoxy) is 1. The van der Waals surface area contributed by atoms with Crippen LogP contribution in [0.5, 0.6) is 0 Å². The van der Waals surface area contributed by atoms with E-state index in [-0.39, 0.29) is 6.03 Å². The largest absolute Gasteiger partial charge is 0.378 e. The van der Waals surface area contributed by atoms with Crippen molar-refractivity contribution in [3.05, 3.63) is 67.3 Å². The SMILES string of the molecule is Cn1nc(-c2ccncc2)cc1NC(=O)Nc1ccc(-c2cc3c(N4CCOCC4)ncnc3[nH]2)cc1. The van der Waals surface area contributed by atoms with E-state index in [2.05, 4.69) is 46.6 Å². The number of aromatic nitrogens is 6. The van der Waals surface area contributed by atoms with Gasteiger partial charge in [0, 0.05) is 55.5 Å². The molecule has 11 nitrogen and oxygen atoms in total. The van der Waals surface area contributed by atoms with E-state index in [0.717, 1.165) is 52.5 Å². The van der Waals surface area contributed by atoms with Gasteiger partial charge in [0.2, 0.25) is 0 Å². The molecule has 0 spiro atoms. The molecular weight excluding hydrogens is 470 g/mol. The summed E-state index contributed by atoms with van der Waals surface area (Å²) in [5.74, 6) is 1.49. The zero-order chi connectivity index (χ0) is 25.2. The summed E-state index contributed by atoms with van der Waals surface area (Å²) >= 11 is 0. The highest BCUT2D eigenvalue weighted by Crippen LogP contribution is 2.30. The molecule has 5 heterocycles. The van der Waals surface area contributed by atoms with Gasteiger partial charge < -0.3 is 19.9 Å². The van der Waals surface area contributed by atoms with Gasteiger partial charge in [0.1, 0.15) is 23.6 Å². The molecule has 6 rings (SSSR count). The summed E-state index contributed by atoms with van der Waals surface area (Å²) < 4.78 is 7.10. The minimum Gasteiger partial charge on any atom is -0.378 e. The van der Waals surface area contributed by atoms with Crippen molar-refractivity contribution in [1.29, 1.82) is 0 Å². The summed E-state index contributed by atoms with van der Waals surface area (Å²) in [5.41, 5.74) is 5.04. The van der Waals surface area contributed by atoms with Crippen LogP contribution in [0, 0.1) is 0 Å². The van der Waals surface area contributed by atoms with Crippen molar-refractivity contribution < 1.29 is 9.53 Å². The minimum absolute atomic E-state index is 0.354. The second-order valence-electron chi connectivity index (χ2n) is 8.67. The van der Waals surface area contributed by atoms with Crippen molar-refractivity contribution in [1.82, 2.24) is 29.7 Å². The van der Waals surface area contributed by atoms with Crippen LogP contribution < -0.4 is 15.5 Å². The maximum Gasteiger partial charge on any atom is 0.324 e. The number of nitrogens with one attached hydrogen (secondary N) is 3. The van der Waals surface area contributed by atoms with Gasteiger partial charge in [0.15, 0.2) is 0 Å². The first-order valence-electron chi connectivity index (χ1n) is 11.9. The number of carbonyl (C=O) groups is 1. The number of H-pyrrole nitrogens is 1. The average Bonchev–Trinajstić information content (AvgIpc) is 3.53. The quantitative estimate of drug-likeness (QED) is 0.338. The number of pyridine rings is 1. The Bertz CT molecular complexity index is 1540. The molecule has 0 saturated carbocycles. The third kappa shape index (κ3) is 4.71. The van der Waals surface area contributed by atoms with E-state index in [0.29, 0.717) is 24.7 Å². The predicted molar refractivity (Wildman–Crippen MR) is 141 cm³/mol. The first kappa shape index (κ1) is 22.7. The molecule has 37 heavy (non-hydrogen) atoms. The van der Waals surface area contributed by atoms with Crippen LogP contribution in [0.15, 0.2) is 67.3 Å². The van der Waals surface area contributed by atoms with Crippen LogP contribution in [0.1, 0.15) is 0 Å². The lowest BCUT2D eigenvalue weighted by Gasteiger charge is -2.27. The number of anilines is 3. The Balaban J connectivity index is 1.15. The van der Waals surface area contributed by atoms with E-state index < -0.39 is 0 Å². The Morgan fingerprint density at radius 1 is 0.973 bits per heavy atom. The van der Waals surface area contributed by atoms with Crippen LogP contribution in [-0.2, 0) is 11.8 Å². The maximum absolute atomic E-state index is 12.6. The molecule has 0 unspecified atom stereocenters. The first-order chi connectivity index (χ1) is 18.1. The zero-order valence-corrected chi connectivity index (χ0v) is 20.2. The van der Waals surface area contributed by atoms with Crippen molar-refractivity contribution in [3.8, 4) is 22.5 Å². The average molecular weight is 496 g/mol. The number of urea groups is 1. The number of aromatic amines is 1. The van der Waals surface area contributed by atoms with E-state index in [1.807, 2.05) is 42.5 Å². The number of hydrogen-bond donors (Lipinski definition) is 3. The highest BCUT2D eigenvalue weighted by atomic mass is 16.5. The number of hydrogen-bond acceptors (Lipinski definition) is 7. The van der Waals surface area contributed by atoms with Gasteiger partial charge in [-0.3, -0.25) is 15.0 Å². The normalized spacial score (nSPS) is 13.6. The third-order valence-corrected chi connectivity index (χ3v) is 6.27. The maximum atomic E-state index is 12.6. The topological polar surface area (TPSA) is 126 Å². The Morgan fingerprint density at radius 2 is 1.76 bits per heavy atom. The van der Waals surface area contributed by atoms with Crippen LogP contribution >= 0.6 is 0 Å². The highest BCUT2D eigenvalue weighted by Gasteiger charge is 2.18. The summed E-state index contributed by atoms with van der Waals surface area (Å²) in [6, 6.07) is 14.9. The fraction of sp³-hybridized carbons (Fsp3) is 0.192. The Hall–Kier alpha value is -4.77. The lowest BCUT2D eigenvalue weighted by molar-refractivity contribution is 0.122. The zero-order valence-electron chi connectivity index (χ0n) is 20.2. The van der Waals surface area contributed by atoms with Crippen LogP contribution in [-0.4, -0.2) is 62.1 Å². The molecule has 5 aromatic rings. The van der Waals surface area contributed by atoms with Gasteiger partial charge in [-0.1, -0.05) is 12.1 Å². The fourth-order valence-corrected chi connectivity index (χ4v) is 4.37. The molecule has 1 fully saturated rings. The van der Waals surface area contributed by atoms with Crippen LogP contribution in [0.3, 0.4) is 0 Å². The molecule has 11 heteroatoms. The molecule has 186 valence electrons. The lowest BCUT2D eigenvalue weighted by atomic mass is 10.1. The van der Waals surface area contributed by atoms with Crippen molar-refractivity contribution >= 4 is 34.4 Å². The van der Waals surface area contributed by atoms with Gasteiger partial charge in [-0.15, -0.1) is 0 Å². The van der Waals surface area contributed by atoms with Crippen molar-refractivity contribution in [2.75, 3.05) is 41.8 Å². The van der Waals surface area contributed by atoms with Gasteiger partial charge in [-0.25, -0.2) is 14.8 Å². The van der Waals surface area contributed by atoms with Crippen LogP contribution in [0.2, 0.25) is 0 Å². The second kappa shape index (κ2) is 9.70. The molecule has 0 aliphatic carbocycles. The van der Waals surface area contributed by atoms with E-state index in [9.17, 15) is 4.79 Å². The highest BCUT2D eigenvalue weighted by molar-refractivity contribution is 5.99. The molecule has 0 atom stereocenters. The standard InChI is InChI=1S/C26H25N9O2/c1-34-23(15-22(33-34)18-6-8-27-9-7-18)32-26(36)30-19-4-2-17(3-5-19)21-14-20-24(31-21)28-16-29-25(20)35-10-12-37-13-11-35/h2-9,14-16H,10-13H2,1H3,(H,28,29,31)(H2,30,32,36). The van der Waals surface area contributed by atoms with Crippen molar-refractivity contribution in [2.24, 2.45) is 7.05 Å². The Kier molecular flexibility index (Phi) is 5.95. The van der Waals surface area contributed by atoms with Gasteiger partial charge >= 0.3 is 6.03 Å². The van der Waals surface area contributed by atoms with Crippen molar-refractivity contribution in [3.63, 3.8) is 0 Å². The van der Waals surface area contributed by atoms with E-state index in [4.69, 9.17) is 4.74 Å². The summed E-state index contributed by atoms with van der Waals surface area (Å²) in [7, 11) is 1.78. The van der Waals surface area contributed by atoms with Gasteiger partial charge in [0.05, 0.1) is 24.3 Å². The number of amides is 2. The van der Waals surface area contributed by atoms with Gasteiger partial charge in [0.25, 0.3) is 0 Å². The molecule has 1 aliphatic heterocycles. The van der Waals surface area contributed by atoms with Gasteiger partial charge in [-0.2, -0.15) is 5.10 Å². The lowest BCUT2D eigenvalue weighted by Crippen LogP contribution is -2.36. The fourth-order valence-electron chi connectivity index (χ4n) is 4.37. The number of aryl methyl sites for hydroxylation is 1. The summed E-state index contributed by atoms with van der Waals surface area (Å²) in [5, 5.41) is 11.2. The molecule has 2 amide bonds. The van der Waals surface area contributed by atoms with Gasteiger partial charge in [-0.05, 0) is 35.9 Å². The molecule has 1 saturated heterocycles. The number of nitrogens with zero attached hydrogens (tertiary/aromatic N) is 6. The number of carbonyl (C=O) groups excluding carboxylic acids is 1. The molecule has 3 N–H and O–H groups in total. The molecule has 1 aliphatic rings. The smallest absolute Gasteiger partial charge is 0.324 e.